The maximum atomic E-state index is 9.93. The zero-order chi connectivity index (χ0) is 9.40. The van der Waals surface area contributed by atoms with E-state index in [1.165, 1.54) is 7.05 Å². The second-order valence-corrected chi connectivity index (χ2v) is 2.09. The van der Waals surface area contributed by atoms with Crippen molar-refractivity contribution in [2.24, 2.45) is 12.8 Å². The second-order valence-electron chi connectivity index (χ2n) is 2.09. The van der Waals surface area contributed by atoms with Gasteiger partial charge in [0.25, 0.3) is 0 Å². The molecule has 0 bridgehead atoms. The van der Waals surface area contributed by atoms with Gasteiger partial charge in [-0.2, -0.15) is 0 Å². The molecule has 2 N–H and O–H groups in total. The summed E-state index contributed by atoms with van der Waals surface area (Å²) < 4.78 is 1.63. The SMILES string of the molecule is CN.Cn1cc(CCC=O)nn1. The Kier molecular flexibility index (Phi) is 5.81. The van der Waals surface area contributed by atoms with Gasteiger partial charge in [0.05, 0.1) is 5.69 Å². The molecule has 68 valence electrons. The highest BCUT2D eigenvalue weighted by Gasteiger charge is 1.95. The van der Waals surface area contributed by atoms with E-state index >= 15 is 0 Å². The monoisotopic (exact) mass is 170 g/mol. The van der Waals surface area contributed by atoms with Crippen molar-refractivity contribution in [2.75, 3.05) is 7.05 Å². The molecule has 0 aromatic carbocycles. The lowest BCUT2D eigenvalue weighted by Crippen LogP contribution is -1.85. The molecule has 0 saturated heterocycles. The largest absolute Gasteiger partial charge is 0.333 e. The Morgan fingerprint density at radius 1 is 1.67 bits per heavy atom. The number of aromatic nitrogens is 3. The molecule has 0 atom stereocenters. The topological polar surface area (TPSA) is 73.8 Å². The van der Waals surface area contributed by atoms with E-state index in [9.17, 15) is 4.79 Å². The van der Waals surface area contributed by atoms with Gasteiger partial charge in [-0.3, -0.25) is 4.68 Å². The molecular formula is C7H14N4O. The van der Waals surface area contributed by atoms with Crippen molar-refractivity contribution in [1.82, 2.24) is 15.0 Å². The number of nitrogens with zero attached hydrogens (tertiary/aromatic N) is 3. The normalized spacial score (nSPS) is 8.58. The number of nitrogens with two attached hydrogens (primary N) is 1. The van der Waals surface area contributed by atoms with E-state index in [4.69, 9.17) is 0 Å². The van der Waals surface area contributed by atoms with Crippen LogP contribution in [0.25, 0.3) is 0 Å². The van der Waals surface area contributed by atoms with Crippen molar-refractivity contribution >= 4 is 6.29 Å². The quantitative estimate of drug-likeness (QED) is 0.622. The highest BCUT2D eigenvalue weighted by atomic mass is 16.1. The third-order valence-corrected chi connectivity index (χ3v) is 1.17. The molecule has 0 aliphatic heterocycles. The Hall–Kier alpha value is -1.23. The first-order chi connectivity index (χ1) is 5.83. The van der Waals surface area contributed by atoms with Crippen LogP contribution >= 0.6 is 0 Å². The predicted octanol–water partition coefficient (Wildman–Crippen LogP) is -0.478. The highest BCUT2D eigenvalue weighted by Crippen LogP contribution is 1.93. The molecule has 1 aromatic heterocycles. The van der Waals surface area contributed by atoms with E-state index in [1.807, 2.05) is 6.20 Å². The van der Waals surface area contributed by atoms with Crippen LogP contribution in [0.4, 0.5) is 0 Å². The summed E-state index contributed by atoms with van der Waals surface area (Å²) in [5.74, 6) is 0. The molecule has 0 spiro atoms. The fourth-order valence-electron chi connectivity index (χ4n) is 0.717. The van der Waals surface area contributed by atoms with Gasteiger partial charge in [0.1, 0.15) is 6.29 Å². The highest BCUT2D eigenvalue weighted by molar-refractivity contribution is 5.49. The van der Waals surface area contributed by atoms with Crippen molar-refractivity contribution in [1.29, 1.82) is 0 Å². The molecule has 5 nitrogen and oxygen atoms in total. The summed E-state index contributed by atoms with van der Waals surface area (Å²) in [6.07, 6.45) is 3.91. The average molecular weight is 170 g/mol. The molecule has 0 radical (unpaired) electrons. The zero-order valence-corrected chi connectivity index (χ0v) is 7.40. The lowest BCUT2D eigenvalue weighted by atomic mass is 10.3. The third kappa shape index (κ3) is 3.82. The predicted molar refractivity (Wildman–Crippen MR) is 45.5 cm³/mol. The molecule has 1 rings (SSSR count). The summed E-state index contributed by atoms with van der Waals surface area (Å²) >= 11 is 0. The minimum Gasteiger partial charge on any atom is -0.333 e. The van der Waals surface area contributed by atoms with Crippen LogP contribution in [0.3, 0.4) is 0 Å². The summed E-state index contributed by atoms with van der Waals surface area (Å²) in [6.45, 7) is 0. The zero-order valence-electron chi connectivity index (χ0n) is 7.40. The fraction of sp³-hybridized carbons (Fsp3) is 0.571. The van der Waals surface area contributed by atoms with Gasteiger partial charge in [-0.25, -0.2) is 0 Å². The maximum absolute atomic E-state index is 9.93. The summed E-state index contributed by atoms with van der Waals surface area (Å²) in [6, 6.07) is 0. The van der Waals surface area contributed by atoms with Crippen molar-refractivity contribution in [2.45, 2.75) is 12.8 Å². The van der Waals surface area contributed by atoms with Crippen LogP contribution in [0.15, 0.2) is 6.20 Å². The minimum atomic E-state index is 0.526. The van der Waals surface area contributed by atoms with E-state index in [0.717, 1.165) is 12.0 Å². The lowest BCUT2D eigenvalue weighted by molar-refractivity contribution is -0.107. The average Bonchev–Trinajstić information content (AvgIpc) is 2.51. The Morgan fingerprint density at radius 2 is 2.33 bits per heavy atom. The van der Waals surface area contributed by atoms with Crippen LogP contribution in [0.5, 0.6) is 0 Å². The molecule has 0 aliphatic rings. The first-order valence-corrected chi connectivity index (χ1v) is 3.69. The maximum Gasteiger partial charge on any atom is 0.120 e. The van der Waals surface area contributed by atoms with E-state index in [-0.39, 0.29) is 0 Å². The van der Waals surface area contributed by atoms with Crippen LogP contribution in [0.1, 0.15) is 12.1 Å². The number of aryl methyl sites for hydroxylation is 2. The lowest BCUT2D eigenvalue weighted by Gasteiger charge is -1.83. The molecule has 1 heterocycles. The number of aldehydes is 1. The fourth-order valence-corrected chi connectivity index (χ4v) is 0.717. The van der Waals surface area contributed by atoms with E-state index in [1.54, 1.807) is 11.7 Å². The smallest absolute Gasteiger partial charge is 0.120 e. The van der Waals surface area contributed by atoms with E-state index < -0.39 is 0 Å². The molecule has 0 aliphatic carbocycles. The van der Waals surface area contributed by atoms with Gasteiger partial charge < -0.3 is 10.5 Å². The summed E-state index contributed by atoms with van der Waals surface area (Å²) in [7, 11) is 3.30. The minimum absolute atomic E-state index is 0.526. The van der Waals surface area contributed by atoms with Crippen LogP contribution in [-0.2, 0) is 18.3 Å². The Balaban J connectivity index is 0.000000561. The van der Waals surface area contributed by atoms with Gasteiger partial charge in [-0.15, -0.1) is 5.10 Å². The Morgan fingerprint density at radius 3 is 2.75 bits per heavy atom. The molecule has 0 unspecified atom stereocenters. The number of hydrogen-bond acceptors (Lipinski definition) is 4. The Bertz CT molecular complexity index is 221. The number of hydrogen-bond donors (Lipinski definition) is 1. The van der Waals surface area contributed by atoms with Crippen molar-refractivity contribution in [3.63, 3.8) is 0 Å². The van der Waals surface area contributed by atoms with E-state index in [2.05, 4.69) is 16.0 Å². The molecular weight excluding hydrogens is 156 g/mol. The standard InChI is InChI=1S/C6H9N3O.CH5N/c1-9-5-6(7-8-9)3-2-4-10;1-2/h4-5H,2-3H2,1H3;2H2,1H3. The molecule has 0 fully saturated rings. The number of carbonyl (C=O) groups excluding carboxylic acids is 1. The van der Waals surface area contributed by atoms with Gasteiger partial charge in [-0.05, 0) is 13.5 Å². The first-order valence-electron chi connectivity index (χ1n) is 3.69. The first kappa shape index (κ1) is 10.8. The summed E-state index contributed by atoms with van der Waals surface area (Å²) in [5, 5.41) is 7.53. The Labute approximate surface area is 71.6 Å². The molecule has 1 aromatic rings. The van der Waals surface area contributed by atoms with Gasteiger partial charge in [-0.1, -0.05) is 5.21 Å². The molecule has 0 saturated carbocycles. The molecule has 5 heteroatoms. The van der Waals surface area contributed by atoms with Gasteiger partial charge in [0.2, 0.25) is 0 Å². The summed E-state index contributed by atoms with van der Waals surface area (Å²) in [4.78, 5) is 9.93. The second kappa shape index (κ2) is 6.48. The number of rotatable bonds is 3. The third-order valence-electron chi connectivity index (χ3n) is 1.17. The van der Waals surface area contributed by atoms with Crippen LogP contribution in [-0.4, -0.2) is 28.3 Å². The van der Waals surface area contributed by atoms with Crippen molar-refractivity contribution in [3.05, 3.63) is 11.9 Å². The van der Waals surface area contributed by atoms with Crippen molar-refractivity contribution in [3.8, 4) is 0 Å². The molecule has 12 heavy (non-hydrogen) atoms. The van der Waals surface area contributed by atoms with E-state index in [0.29, 0.717) is 12.8 Å². The van der Waals surface area contributed by atoms with Crippen molar-refractivity contribution < 1.29 is 4.79 Å². The summed E-state index contributed by atoms with van der Waals surface area (Å²) in [5.41, 5.74) is 5.37. The molecule has 0 amide bonds. The van der Waals surface area contributed by atoms with Crippen LogP contribution in [0, 0.1) is 0 Å². The van der Waals surface area contributed by atoms with Crippen LogP contribution in [0.2, 0.25) is 0 Å². The van der Waals surface area contributed by atoms with Gasteiger partial charge >= 0.3 is 0 Å². The number of carbonyl (C=O) groups is 1. The van der Waals surface area contributed by atoms with Gasteiger partial charge in [0, 0.05) is 19.7 Å². The van der Waals surface area contributed by atoms with Crippen LogP contribution < -0.4 is 5.73 Å². The van der Waals surface area contributed by atoms with Gasteiger partial charge in [0.15, 0.2) is 0 Å².